The van der Waals surface area contributed by atoms with Gasteiger partial charge in [0.2, 0.25) is 0 Å². The quantitative estimate of drug-likeness (QED) is 0.811. The zero-order chi connectivity index (χ0) is 9.97. The van der Waals surface area contributed by atoms with Crippen molar-refractivity contribution in [1.82, 2.24) is 14.8 Å². The first kappa shape index (κ1) is 9.18. The lowest BCUT2D eigenvalue weighted by Gasteiger charge is -2.01. The molecule has 0 saturated heterocycles. The van der Waals surface area contributed by atoms with Crippen LogP contribution in [0.3, 0.4) is 0 Å². The van der Waals surface area contributed by atoms with E-state index in [0.29, 0.717) is 11.6 Å². The minimum absolute atomic E-state index is 0.491. The van der Waals surface area contributed by atoms with Gasteiger partial charge in [0.1, 0.15) is 0 Å². The standard InChI is InChI=1S/C9H9ClN4/c10-8-5-13-14(6-8)9-3-7(4-11)1-2-12-9/h1-3,5-6H,4,11H2. The van der Waals surface area contributed by atoms with Crippen LogP contribution in [0.5, 0.6) is 0 Å². The molecule has 0 spiro atoms. The fraction of sp³-hybridized carbons (Fsp3) is 0.111. The van der Waals surface area contributed by atoms with Crippen molar-refractivity contribution in [1.29, 1.82) is 0 Å². The highest BCUT2D eigenvalue weighted by Gasteiger charge is 2.00. The molecule has 4 nitrogen and oxygen atoms in total. The molecule has 2 rings (SSSR count). The van der Waals surface area contributed by atoms with E-state index in [-0.39, 0.29) is 0 Å². The Hall–Kier alpha value is -1.39. The Morgan fingerprint density at radius 3 is 3.00 bits per heavy atom. The second-order valence-corrected chi connectivity index (χ2v) is 3.27. The molecule has 0 saturated carbocycles. The van der Waals surface area contributed by atoms with Crippen LogP contribution in [0.4, 0.5) is 0 Å². The molecule has 0 aromatic carbocycles. The zero-order valence-corrected chi connectivity index (χ0v) is 8.15. The summed E-state index contributed by atoms with van der Waals surface area (Å²) in [5.74, 6) is 0.722. The molecule has 2 aromatic heterocycles. The lowest BCUT2D eigenvalue weighted by molar-refractivity contribution is 0.841. The fourth-order valence-electron chi connectivity index (χ4n) is 1.14. The van der Waals surface area contributed by atoms with Crippen molar-refractivity contribution < 1.29 is 0 Å². The predicted octanol–water partition coefficient (Wildman–Crippen LogP) is 1.38. The van der Waals surface area contributed by atoms with E-state index in [4.69, 9.17) is 17.3 Å². The molecule has 2 heterocycles. The van der Waals surface area contributed by atoms with Gasteiger partial charge in [0, 0.05) is 12.7 Å². The predicted molar refractivity (Wildman–Crippen MR) is 54.3 cm³/mol. The van der Waals surface area contributed by atoms with Gasteiger partial charge in [-0.05, 0) is 17.7 Å². The Labute approximate surface area is 86.3 Å². The number of halogens is 1. The highest BCUT2D eigenvalue weighted by Crippen LogP contribution is 2.10. The topological polar surface area (TPSA) is 56.7 Å². The van der Waals surface area contributed by atoms with Crippen LogP contribution in [0.25, 0.3) is 5.82 Å². The van der Waals surface area contributed by atoms with Gasteiger partial charge in [-0.2, -0.15) is 5.10 Å². The van der Waals surface area contributed by atoms with Gasteiger partial charge >= 0.3 is 0 Å². The molecule has 5 heteroatoms. The molecule has 0 atom stereocenters. The molecule has 2 N–H and O–H groups in total. The Bertz CT molecular complexity index is 438. The maximum atomic E-state index is 5.75. The Morgan fingerprint density at radius 1 is 1.50 bits per heavy atom. The van der Waals surface area contributed by atoms with E-state index in [1.807, 2.05) is 12.1 Å². The van der Waals surface area contributed by atoms with Gasteiger partial charge in [0.15, 0.2) is 5.82 Å². The van der Waals surface area contributed by atoms with Crippen LogP contribution in [0, 0.1) is 0 Å². The van der Waals surface area contributed by atoms with Crippen LogP contribution < -0.4 is 5.73 Å². The van der Waals surface area contributed by atoms with E-state index in [1.165, 1.54) is 0 Å². The third-order valence-electron chi connectivity index (χ3n) is 1.83. The molecule has 0 aliphatic carbocycles. The molecule has 0 radical (unpaired) electrons. The van der Waals surface area contributed by atoms with Gasteiger partial charge < -0.3 is 5.73 Å². The van der Waals surface area contributed by atoms with Crippen LogP contribution in [0.2, 0.25) is 5.02 Å². The Morgan fingerprint density at radius 2 is 2.36 bits per heavy atom. The number of nitrogens with two attached hydrogens (primary N) is 1. The smallest absolute Gasteiger partial charge is 0.153 e. The molecule has 0 aliphatic rings. The lowest BCUT2D eigenvalue weighted by atomic mass is 10.2. The minimum Gasteiger partial charge on any atom is -0.326 e. The van der Waals surface area contributed by atoms with Crippen molar-refractivity contribution in [2.45, 2.75) is 6.54 Å². The second-order valence-electron chi connectivity index (χ2n) is 2.83. The normalized spacial score (nSPS) is 10.4. The summed E-state index contributed by atoms with van der Waals surface area (Å²) < 4.78 is 1.61. The van der Waals surface area contributed by atoms with Crippen molar-refractivity contribution in [3.05, 3.63) is 41.3 Å². The van der Waals surface area contributed by atoms with Gasteiger partial charge in [-0.15, -0.1) is 0 Å². The largest absolute Gasteiger partial charge is 0.326 e. The third kappa shape index (κ3) is 1.76. The van der Waals surface area contributed by atoms with Gasteiger partial charge in [-0.3, -0.25) is 0 Å². The van der Waals surface area contributed by atoms with Crippen molar-refractivity contribution in [3.63, 3.8) is 0 Å². The summed E-state index contributed by atoms with van der Waals surface area (Å²) in [6.07, 6.45) is 4.97. The highest BCUT2D eigenvalue weighted by molar-refractivity contribution is 6.30. The third-order valence-corrected chi connectivity index (χ3v) is 2.03. The van der Waals surface area contributed by atoms with Gasteiger partial charge in [0.25, 0.3) is 0 Å². The molecular formula is C9H9ClN4. The maximum absolute atomic E-state index is 5.75. The molecule has 72 valence electrons. The summed E-state index contributed by atoms with van der Waals surface area (Å²) in [5.41, 5.74) is 6.53. The molecular weight excluding hydrogens is 200 g/mol. The van der Waals surface area contributed by atoms with Crippen LogP contribution >= 0.6 is 11.6 Å². The zero-order valence-electron chi connectivity index (χ0n) is 7.39. The summed E-state index contributed by atoms with van der Waals surface area (Å²) in [5, 5.41) is 4.63. The average Bonchev–Trinajstić information content (AvgIpc) is 2.65. The van der Waals surface area contributed by atoms with E-state index in [2.05, 4.69) is 10.1 Å². The molecule has 14 heavy (non-hydrogen) atoms. The van der Waals surface area contributed by atoms with E-state index in [1.54, 1.807) is 23.3 Å². The van der Waals surface area contributed by atoms with E-state index in [9.17, 15) is 0 Å². The fourth-order valence-corrected chi connectivity index (χ4v) is 1.28. The van der Waals surface area contributed by atoms with Crippen molar-refractivity contribution >= 4 is 11.6 Å². The minimum atomic E-state index is 0.491. The van der Waals surface area contributed by atoms with Crippen LogP contribution in [-0.4, -0.2) is 14.8 Å². The number of nitrogens with zero attached hydrogens (tertiary/aromatic N) is 3. The van der Waals surface area contributed by atoms with Crippen LogP contribution in [0.1, 0.15) is 5.56 Å². The van der Waals surface area contributed by atoms with Crippen molar-refractivity contribution in [2.75, 3.05) is 0 Å². The monoisotopic (exact) mass is 208 g/mol. The van der Waals surface area contributed by atoms with Gasteiger partial charge in [-0.1, -0.05) is 11.6 Å². The van der Waals surface area contributed by atoms with Crippen LogP contribution in [0.15, 0.2) is 30.7 Å². The molecule has 0 unspecified atom stereocenters. The Balaban J connectivity index is 2.41. The van der Waals surface area contributed by atoms with Crippen molar-refractivity contribution in [2.24, 2.45) is 5.73 Å². The summed E-state index contributed by atoms with van der Waals surface area (Å²) in [4.78, 5) is 4.16. The average molecular weight is 209 g/mol. The highest BCUT2D eigenvalue weighted by atomic mass is 35.5. The van der Waals surface area contributed by atoms with Crippen molar-refractivity contribution in [3.8, 4) is 5.82 Å². The maximum Gasteiger partial charge on any atom is 0.153 e. The first-order chi connectivity index (χ1) is 6.79. The first-order valence-electron chi connectivity index (χ1n) is 4.15. The number of hydrogen-bond acceptors (Lipinski definition) is 3. The summed E-state index contributed by atoms with van der Waals surface area (Å²) in [6, 6.07) is 3.75. The summed E-state index contributed by atoms with van der Waals surface area (Å²) >= 11 is 5.75. The molecule has 0 amide bonds. The van der Waals surface area contributed by atoms with Gasteiger partial charge in [0.05, 0.1) is 17.4 Å². The number of aromatic nitrogens is 3. The van der Waals surface area contributed by atoms with Gasteiger partial charge in [-0.25, -0.2) is 9.67 Å². The Kier molecular flexibility index (Phi) is 2.47. The van der Waals surface area contributed by atoms with Crippen LogP contribution in [-0.2, 0) is 6.54 Å². The number of rotatable bonds is 2. The molecule has 0 bridgehead atoms. The number of hydrogen-bond donors (Lipinski definition) is 1. The van der Waals surface area contributed by atoms with E-state index < -0.39 is 0 Å². The first-order valence-corrected chi connectivity index (χ1v) is 4.53. The summed E-state index contributed by atoms with van der Waals surface area (Å²) in [6.45, 7) is 0.491. The lowest BCUT2D eigenvalue weighted by Crippen LogP contribution is -2.01. The number of pyridine rings is 1. The van der Waals surface area contributed by atoms with E-state index in [0.717, 1.165) is 11.4 Å². The van der Waals surface area contributed by atoms with E-state index >= 15 is 0 Å². The summed E-state index contributed by atoms with van der Waals surface area (Å²) in [7, 11) is 0. The molecule has 0 fully saturated rings. The molecule has 0 aliphatic heterocycles. The SMILES string of the molecule is NCc1ccnc(-n2cc(Cl)cn2)c1. The second kappa shape index (κ2) is 3.77. The molecule has 2 aromatic rings.